The molecule has 0 aliphatic heterocycles. The number of carbonyl (C=O) groups excluding carboxylic acids is 1. The van der Waals surface area contributed by atoms with Gasteiger partial charge in [-0.25, -0.2) is 13.8 Å². The van der Waals surface area contributed by atoms with E-state index in [1.807, 2.05) is 0 Å². The number of alkyl halides is 5. The van der Waals surface area contributed by atoms with Crippen molar-refractivity contribution in [2.45, 2.75) is 12.6 Å². The van der Waals surface area contributed by atoms with E-state index < -0.39 is 40.0 Å². The molecule has 1 heterocycles. The van der Waals surface area contributed by atoms with Crippen molar-refractivity contribution in [3.8, 4) is 0 Å². The van der Waals surface area contributed by atoms with E-state index in [2.05, 4.69) is 4.98 Å². The SMILES string of the molecule is O=Cc1cnc(C(F)F)c([N+](=O)[O-])c1C(F)(F)F. The van der Waals surface area contributed by atoms with Crippen LogP contribution >= 0.6 is 0 Å². The summed E-state index contributed by atoms with van der Waals surface area (Å²) in [6.07, 6.45) is -8.99. The first-order valence-electron chi connectivity index (χ1n) is 4.18. The maximum absolute atomic E-state index is 12.6. The van der Waals surface area contributed by atoms with Gasteiger partial charge in [0.05, 0.1) is 10.5 Å². The summed E-state index contributed by atoms with van der Waals surface area (Å²) in [5, 5.41) is 10.5. The lowest BCUT2D eigenvalue weighted by Crippen LogP contribution is -2.15. The fraction of sp³-hybridized carbons (Fsp3) is 0.250. The summed E-state index contributed by atoms with van der Waals surface area (Å²) in [6, 6.07) is 0. The van der Waals surface area contributed by atoms with Crippen LogP contribution in [0.15, 0.2) is 6.20 Å². The first-order chi connectivity index (χ1) is 8.20. The summed E-state index contributed by atoms with van der Waals surface area (Å²) in [7, 11) is 0. The third kappa shape index (κ3) is 2.41. The van der Waals surface area contributed by atoms with Gasteiger partial charge in [0.1, 0.15) is 5.56 Å². The van der Waals surface area contributed by atoms with E-state index in [-0.39, 0.29) is 12.5 Å². The molecule has 1 aromatic rings. The second kappa shape index (κ2) is 4.63. The minimum Gasteiger partial charge on any atom is -0.298 e. The van der Waals surface area contributed by atoms with Crippen molar-refractivity contribution < 1.29 is 31.7 Å². The van der Waals surface area contributed by atoms with E-state index in [0.717, 1.165) is 0 Å². The second-order valence-electron chi connectivity index (χ2n) is 3.00. The van der Waals surface area contributed by atoms with Crippen molar-refractivity contribution in [3.63, 3.8) is 0 Å². The number of hydrogen-bond acceptors (Lipinski definition) is 4. The largest absolute Gasteiger partial charge is 0.423 e. The zero-order valence-electron chi connectivity index (χ0n) is 8.24. The predicted octanol–water partition coefficient (Wildman–Crippen LogP) is 2.76. The minimum absolute atomic E-state index is 0.227. The Morgan fingerprint density at radius 2 is 1.94 bits per heavy atom. The number of aromatic nitrogens is 1. The highest BCUT2D eigenvalue weighted by Gasteiger charge is 2.44. The molecule has 0 aromatic carbocycles. The number of nitrogens with zero attached hydrogens (tertiary/aromatic N) is 2. The third-order valence-electron chi connectivity index (χ3n) is 1.91. The molecule has 0 saturated carbocycles. The average molecular weight is 270 g/mol. The summed E-state index contributed by atoms with van der Waals surface area (Å²) in [5.41, 5.74) is -6.72. The van der Waals surface area contributed by atoms with E-state index in [9.17, 15) is 36.9 Å². The van der Waals surface area contributed by atoms with E-state index in [4.69, 9.17) is 0 Å². The summed E-state index contributed by atoms with van der Waals surface area (Å²) >= 11 is 0. The van der Waals surface area contributed by atoms with Gasteiger partial charge in [0.25, 0.3) is 6.43 Å². The molecule has 0 aliphatic rings. The summed E-state index contributed by atoms with van der Waals surface area (Å²) in [4.78, 5) is 22.0. The van der Waals surface area contributed by atoms with Gasteiger partial charge in [-0.1, -0.05) is 0 Å². The van der Waals surface area contributed by atoms with E-state index >= 15 is 0 Å². The molecule has 18 heavy (non-hydrogen) atoms. The maximum Gasteiger partial charge on any atom is 0.423 e. The molecule has 0 bridgehead atoms. The van der Waals surface area contributed by atoms with Crippen LogP contribution in [0.1, 0.15) is 28.0 Å². The molecule has 0 saturated heterocycles. The monoisotopic (exact) mass is 270 g/mol. The third-order valence-corrected chi connectivity index (χ3v) is 1.91. The van der Waals surface area contributed by atoms with Crippen LogP contribution in [-0.4, -0.2) is 16.2 Å². The number of pyridine rings is 1. The molecular formula is C8H3F5N2O3. The van der Waals surface area contributed by atoms with Crippen LogP contribution in [0.2, 0.25) is 0 Å². The molecule has 1 aromatic heterocycles. The van der Waals surface area contributed by atoms with Crippen molar-refractivity contribution in [1.29, 1.82) is 0 Å². The molecule has 0 N–H and O–H groups in total. The van der Waals surface area contributed by atoms with Crippen LogP contribution in [0, 0.1) is 10.1 Å². The lowest BCUT2D eigenvalue weighted by Gasteiger charge is -2.11. The minimum atomic E-state index is -5.31. The molecule has 0 fully saturated rings. The van der Waals surface area contributed by atoms with Gasteiger partial charge in [-0.3, -0.25) is 14.9 Å². The van der Waals surface area contributed by atoms with Crippen molar-refractivity contribution in [2.24, 2.45) is 0 Å². The van der Waals surface area contributed by atoms with Gasteiger partial charge in [-0.15, -0.1) is 0 Å². The number of halogens is 5. The molecule has 0 aliphatic carbocycles. The number of nitro groups is 1. The number of carbonyl (C=O) groups is 1. The maximum atomic E-state index is 12.6. The quantitative estimate of drug-likeness (QED) is 0.366. The van der Waals surface area contributed by atoms with Gasteiger partial charge in [0.15, 0.2) is 12.0 Å². The Morgan fingerprint density at radius 1 is 1.39 bits per heavy atom. The fourth-order valence-corrected chi connectivity index (χ4v) is 1.26. The van der Waals surface area contributed by atoms with E-state index in [0.29, 0.717) is 0 Å². The zero-order chi connectivity index (χ0) is 14.1. The highest BCUT2D eigenvalue weighted by molar-refractivity contribution is 5.79. The van der Waals surface area contributed by atoms with Gasteiger partial charge >= 0.3 is 11.9 Å². The Balaban J connectivity index is 3.76. The van der Waals surface area contributed by atoms with Crippen LogP contribution in [0.4, 0.5) is 27.6 Å². The lowest BCUT2D eigenvalue weighted by molar-refractivity contribution is -0.389. The van der Waals surface area contributed by atoms with E-state index in [1.165, 1.54) is 0 Å². The number of aldehydes is 1. The highest BCUT2D eigenvalue weighted by atomic mass is 19.4. The normalized spacial score (nSPS) is 11.7. The van der Waals surface area contributed by atoms with Crippen LogP contribution < -0.4 is 0 Å². The fourth-order valence-electron chi connectivity index (χ4n) is 1.26. The van der Waals surface area contributed by atoms with Crippen LogP contribution in [0.5, 0.6) is 0 Å². The Hall–Kier alpha value is -2.13. The molecule has 10 heteroatoms. The lowest BCUT2D eigenvalue weighted by atomic mass is 10.1. The second-order valence-corrected chi connectivity index (χ2v) is 3.00. The number of hydrogen-bond donors (Lipinski definition) is 0. The smallest absolute Gasteiger partial charge is 0.298 e. The Morgan fingerprint density at radius 3 is 2.28 bits per heavy atom. The Kier molecular flexibility index (Phi) is 3.58. The van der Waals surface area contributed by atoms with Gasteiger partial charge in [0, 0.05) is 6.20 Å². The van der Waals surface area contributed by atoms with Crippen molar-refractivity contribution in [3.05, 3.63) is 33.1 Å². The topological polar surface area (TPSA) is 73.1 Å². The highest BCUT2D eigenvalue weighted by Crippen LogP contribution is 2.41. The molecule has 0 unspecified atom stereocenters. The van der Waals surface area contributed by atoms with Crippen molar-refractivity contribution in [2.75, 3.05) is 0 Å². The molecule has 1 rings (SSSR count). The molecule has 0 radical (unpaired) electrons. The summed E-state index contributed by atoms with van der Waals surface area (Å²) in [6.45, 7) is 0. The Bertz CT molecular complexity index is 500. The molecular weight excluding hydrogens is 267 g/mol. The van der Waals surface area contributed by atoms with Crippen LogP contribution in [0.25, 0.3) is 0 Å². The van der Waals surface area contributed by atoms with Crippen molar-refractivity contribution >= 4 is 12.0 Å². The molecule has 5 nitrogen and oxygen atoms in total. The van der Waals surface area contributed by atoms with Gasteiger partial charge < -0.3 is 0 Å². The first-order valence-corrected chi connectivity index (χ1v) is 4.18. The predicted molar refractivity (Wildman–Crippen MR) is 46.2 cm³/mol. The van der Waals surface area contributed by atoms with Crippen LogP contribution in [-0.2, 0) is 6.18 Å². The van der Waals surface area contributed by atoms with Gasteiger partial charge in [-0.2, -0.15) is 13.2 Å². The number of rotatable bonds is 3. The van der Waals surface area contributed by atoms with Crippen LogP contribution in [0.3, 0.4) is 0 Å². The first kappa shape index (κ1) is 13.9. The Labute approximate surface area is 95.4 Å². The average Bonchev–Trinajstić information content (AvgIpc) is 2.25. The standard InChI is InChI=1S/C8H3F5N2O3/c9-7(10)5-6(15(17)18)4(8(11,12)13)3(2-16)1-14-5/h1-2,7H. The van der Waals surface area contributed by atoms with E-state index in [1.54, 1.807) is 0 Å². The van der Waals surface area contributed by atoms with Crippen molar-refractivity contribution in [1.82, 2.24) is 4.98 Å². The summed E-state index contributed by atoms with van der Waals surface area (Å²) in [5.74, 6) is 0. The molecule has 0 atom stereocenters. The molecule has 0 spiro atoms. The molecule has 0 amide bonds. The van der Waals surface area contributed by atoms with Gasteiger partial charge in [0.2, 0.25) is 0 Å². The molecule has 98 valence electrons. The summed E-state index contributed by atoms with van der Waals surface area (Å²) < 4.78 is 62.4. The zero-order valence-corrected chi connectivity index (χ0v) is 8.24. The van der Waals surface area contributed by atoms with Gasteiger partial charge in [-0.05, 0) is 0 Å².